The van der Waals surface area contributed by atoms with Gasteiger partial charge in [-0.25, -0.2) is 4.79 Å². The molecule has 0 aliphatic carbocycles. The Morgan fingerprint density at radius 2 is 1.48 bits per heavy atom. The van der Waals surface area contributed by atoms with Gasteiger partial charge in [0.05, 0.1) is 0 Å². The summed E-state index contributed by atoms with van der Waals surface area (Å²) in [6.07, 6.45) is 0.996. The lowest BCUT2D eigenvalue weighted by molar-refractivity contribution is -0.150. The first-order valence-electron chi connectivity index (χ1n) is 8.60. The molecule has 1 atom stereocenters. The molecule has 2 rings (SSSR count). The van der Waals surface area contributed by atoms with Crippen molar-refractivity contribution < 1.29 is 14.3 Å². The average Bonchev–Trinajstić information content (AvgIpc) is 2.64. The normalized spacial score (nSPS) is 11.8. The largest absolute Gasteiger partial charge is 0.459 e. The van der Waals surface area contributed by atoms with Crippen molar-refractivity contribution in [3.8, 4) is 0 Å². The van der Waals surface area contributed by atoms with Crippen LogP contribution < -0.4 is 5.32 Å². The Morgan fingerprint density at radius 3 is 2.04 bits per heavy atom. The zero-order valence-electron chi connectivity index (χ0n) is 14.8. The molecule has 0 aromatic heterocycles. The van der Waals surface area contributed by atoms with E-state index in [1.165, 1.54) is 0 Å². The Hall–Kier alpha value is -2.62. The molecule has 0 aliphatic rings. The summed E-state index contributed by atoms with van der Waals surface area (Å²) in [5, 5.41) is 2.81. The van der Waals surface area contributed by atoms with E-state index in [1.54, 1.807) is 0 Å². The van der Waals surface area contributed by atoms with Crippen LogP contribution in [0.1, 0.15) is 31.4 Å². The molecule has 4 nitrogen and oxygen atoms in total. The van der Waals surface area contributed by atoms with Crippen molar-refractivity contribution >= 4 is 11.9 Å². The van der Waals surface area contributed by atoms with E-state index in [4.69, 9.17) is 4.74 Å². The highest BCUT2D eigenvalue weighted by Gasteiger charge is 2.25. The highest BCUT2D eigenvalue weighted by Crippen LogP contribution is 2.09. The van der Waals surface area contributed by atoms with E-state index in [9.17, 15) is 9.59 Å². The summed E-state index contributed by atoms with van der Waals surface area (Å²) < 4.78 is 5.36. The number of rotatable bonds is 8. The van der Waals surface area contributed by atoms with Crippen LogP contribution in [-0.2, 0) is 27.4 Å². The summed E-state index contributed by atoms with van der Waals surface area (Å²) in [4.78, 5) is 24.5. The van der Waals surface area contributed by atoms with Crippen LogP contribution in [0.2, 0.25) is 0 Å². The molecule has 2 aromatic rings. The number of aryl methyl sites for hydroxylation is 1. The van der Waals surface area contributed by atoms with Crippen LogP contribution in [0.5, 0.6) is 0 Å². The van der Waals surface area contributed by atoms with Gasteiger partial charge in [0.2, 0.25) is 5.91 Å². The second-order valence-corrected chi connectivity index (χ2v) is 6.37. The van der Waals surface area contributed by atoms with Crippen molar-refractivity contribution in [1.82, 2.24) is 5.32 Å². The van der Waals surface area contributed by atoms with E-state index in [0.29, 0.717) is 12.8 Å². The van der Waals surface area contributed by atoms with Gasteiger partial charge in [0.25, 0.3) is 0 Å². The second kappa shape index (κ2) is 9.62. The average molecular weight is 339 g/mol. The van der Waals surface area contributed by atoms with Crippen molar-refractivity contribution in [3.63, 3.8) is 0 Å². The van der Waals surface area contributed by atoms with Crippen LogP contribution in [0.15, 0.2) is 60.7 Å². The van der Waals surface area contributed by atoms with Gasteiger partial charge < -0.3 is 10.1 Å². The molecule has 0 heterocycles. The Morgan fingerprint density at radius 1 is 0.920 bits per heavy atom. The second-order valence-electron chi connectivity index (χ2n) is 6.37. The lowest BCUT2D eigenvalue weighted by Gasteiger charge is -2.21. The lowest BCUT2D eigenvalue weighted by Crippen LogP contribution is -2.45. The number of nitrogens with one attached hydrogen (secondary N) is 1. The van der Waals surface area contributed by atoms with E-state index in [0.717, 1.165) is 11.1 Å². The minimum atomic E-state index is -0.632. The molecule has 0 radical (unpaired) electrons. The number of esters is 1. The number of carbonyl (C=O) groups excluding carboxylic acids is 2. The molecule has 0 bridgehead atoms. The molecule has 1 N–H and O–H groups in total. The van der Waals surface area contributed by atoms with Gasteiger partial charge in [0.15, 0.2) is 0 Å². The number of benzene rings is 2. The quantitative estimate of drug-likeness (QED) is 0.749. The van der Waals surface area contributed by atoms with Crippen molar-refractivity contribution in [2.45, 2.75) is 39.3 Å². The number of hydrogen-bond acceptors (Lipinski definition) is 3. The molecule has 2 aromatic carbocycles. The molecule has 0 saturated carbocycles. The van der Waals surface area contributed by atoms with E-state index >= 15 is 0 Å². The molecule has 0 saturated heterocycles. The maximum absolute atomic E-state index is 12.3. The van der Waals surface area contributed by atoms with Crippen LogP contribution in [0.25, 0.3) is 0 Å². The van der Waals surface area contributed by atoms with Crippen molar-refractivity contribution in [1.29, 1.82) is 0 Å². The van der Waals surface area contributed by atoms with Gasteiger partial charge in [0, 0.05) is 6.42 Å². The summed E-state index contributed by atoms with van der Waals surface area (Å²) in [5.74, 6) is -0.574. The minimum absolute atomic E-state index is 0.0380. The highest BCUT2D eigenvalue weighted by molar-refractivity contribution is 5.84. The molecule has 1 amide bonds. The van der Waals surface area contributed by atoms with Gasteiger partial charge in [-0.2, -0.15) is 0 Å². The topological polar surface area (TPSA) is 55.4 Å². The molecule has 0 fully saturated rings. The lowest BCUT2D eigenvalue weighted by atomic mass is 10.0. The summed E-state index contributed by atoms with van der Waals surface area (Å²) in [6, 6.07) is 18.7. The van der Waals surface area contributed by atoms with Crippen LogP contribution in [0.4, 0.5) is 0 Å². The summed E-state index contributed by atoms with van der Waals surface area (Å²) >= 11 is 0. The van der Waals surface area contributed by atoms with Gasteiger partial charge in [-0.3, -0.25) is 4.79 Å². The summed E-state index contributed by atoms with van der Waals surface area (Å²) in [7, 11) is 0. The molecular weight excluding hydrogens is 314 g/mol. The van der Waals surface area contributed by atoms with Crippen LogP contribution in [-0.4, -0.2) is 17.9 Å². The Bertz CT molecular complexity index is 668. The summed E-state index contributed by atoms with van der Waals surface area (Å²) in [5.41, 5.74) is 2.03. The standard InChI is InChI=1S/C21H25NO3/c1-16(2)20(21(24)25-15-18-11-7-4-8-12-18)22-19(23)14-13-17-9-5-3-6-10-17/h3-12,16,20H,13-15H2,1-2H3,(H,22,23). The molecular formula is C21H25NO3. The third kappa shape index (κ3) is 6.42. The fourth-order valence-corrected chi connectivity index (χ4v) is 2.46. The molecule has 132 valence electrons. The maximum Gasteiger partial charge on any atom is 0.329 e. The maximum atomic E-state index is 12.3. The molecule has 0 spiro atoms. The predicted octanol–water partition coefficient (Wildman–Crippen LogP) is 3.50. The monoisotopic (exact) mass is 339 g/mol. The zero-order valence-corrected chi connectivity index (χ0v) is 14.8. The SMILES string of the molecule is CC(C)C(NC(=O)CCc1ccccc1)C(=O)OCc1ccccc1. The molecule has 4 heteroatoms. The fraction of sp³-hybridized carbons (Fsp3) is 0.333. The Labute approximate surface area is 149 Å². The third-order valence-corrected chi connectivity index (χ3v) is 3.94. The minimum Gasteiger partial charge on any atom is -0.459 e. The summed E-state index contributed by atoms with van der Waals surface area (Å²) in [6.45, 7) is 4.00. The van der Waals surface area contributed by atoms with E-state index < -0.39 is 12.0 Å². The smallest absolute Gasteiger partial charge is 0.329 e. The van der Waals surface area contributed by atoms with Gasteiger partial charge in [0.1, 0.15) is 12.6 Å². The van der Waals surface area contributed by atoms with E-state index in [1.807, 2.05) is 74.5 Å². The Balaban J connectivity index is 1.84. The van der Waals surface area contributed by atoms with E-state index in [2.05, 4.69) is 5.32 Å². The third-order valence-electron chi connectivity index (χ3n) is 3.94. The van der Waals surface area contributed by atoms with Gasteiger partial charge in [-0.1, -0.05) is 74.5 Å². The fourth-order valence-electron chi connectivity index (χ4n) is 2.46. The number of carbonyl (C=O) groups is 2. The molecule has 0 aliphatic heterocycles. The first-order valence-corrected chi connectivity index (χ1v) is 8.60. The number of amides is 1. The van der Waals surface area contributed by atoms with Crippen molar-refractivity contribution in [2.24, 2.45) is 5.92 Å². The van der Waals surface area contributed by atoms with Crippen LogP contribution >= 0.6 is 0 Å². The van der Waals surface area contributed by atoms with Crippen LogP contribution in [0.3, 0.4) is 0 Å². The van der Waals surface area contributed by atoms with Gasteiger partial charge in [-0.15, -0.1) is 0 Å². The molecule has 1 unspecified atom stereocenters. The molecule has 25 heavy (non-hydrogen) atoms. The van der Waals surface area contributed by atoms with Gasteiger partial charge in [-0.05, 0) is 23.5 Å². The predicted molar refractivity (Wildman–Crippen MR) is 97.8 cm³/mol. The highest BCUT2D eigenvalue weighted by atomic mass is 16.5. The van der Waals surface area contributed by atoms with Crippen LogP contribution in [0, 0.1) is 5.92 Å². The number of ether oxygens (including phenoxy) is 1. The van der Waals surface area contributed by atoms with Crippen molar-refractivity contribution in [2.75, 3.05) is 0 Å². The zero-order chi connectivity index (χ0) is 18.1. The Kier molecular flexibility index (Phi) is 7.20. The van der Waals surface area contributed by atoms with Crippen molar-refractivity contribution in [3.05, 3.63) is 71.8 Å². The van der Waals surface area contributed by atoms with Gasteiger partial charge >= 0.3 is 5.97 Å². The number of hydrogen-bond donors (Lipinski definition) is 1. The first-order chi connectivity index (χ1) is 12.1. The van der Waals surface area contributed by atoms with E-state index in [-0.39, 0.29) is 18.4 Å². The first kappa shape index (κ1) is 18.7.